The number of hydrogen-bond acceptors (Lipinski definition) is 6. The van der Waals surface area contributed by atoms with E-state index >= 15 is 0 Å². The Morgan fingerprint density at radius 3 is 1.50 bits per heavy atom. The van der Waals surface area contributed by atoms with Gasteiger partial charge in [0.05, 0.1) is 18.3 Å². The molecule has 1 aliphatic heterocycles. The van der Waals surface area contributed by atoms with Crippen molar-refractivity contribution >= 4 is 51.4 Å². The molecule has 0 aromatic rings. The zero-order valence-electron chi connectivity index (χ0n) is 24.1. The Kier molecular flexibility index (Phi) is 21.5. The predicted octanol–water partition coefficient (Wildman–Crippen LogP) is 3.92. The van der Waals surface area contributed by atoms with E-state index in [-0.39, 0.29) is 23.5 Å². The van der Waals surface area contributed by atoms with Gasteiger partial charge in [0.15, 0.2) is 0 Å². The topological polar surface area (TPSA) is 94.6 Å². The number of ketones is 1. The highest BCUT2D eigenvalue weighted by Crippen LogP contribution is 2.28. The van der Waals surface area contributed by atoms with Gasteiger partial charge in [-0.25, -0.2) is 0 Å². The molecule has 0 aromatic carbocycles. The van der Waals surface area contributed by atoms with Crippen LogP contribution in [0, 0.1) is 118 Å². The third-order valence-corrected chi connectivity index (χ3v) is 5.61. The number of ether oxygens (including phenoxy) is 1. The minimum Gasteiger partial charge on any atom is -0.393 e. The zero-order chi connectivity index (χ0) is 32.6. The van der Waals surface area contributed by atoms with Crippen molar-refractivity contribution in [1.82, 2.24) is 0 Å². The van der Waals surface area contributed by atoms with E-state index in [0.717, 1.165) is 6.42 Å². The number of carbonyl (C=O) groups is 5. The molecule has 0 saturated carbocycles. The van der Waals surface area contributed by atoms with Crippen LogP contribution in [0.1, 0.15) is 60.8 Å². The molecule has 0 radical (unpaired) electrons. The molecular weight excluding hydrogens is 575 g/mol. The fourth-order valence-corrected chi connectivity index (χ4v) is 2.58. The highest BCUT2D eigenvalue weighted by Gasteiger charge is 2.41. The molecule has 1 saturated heterocycles. The Labute approximate surface area is 258 Å². The Morgan fingerprint density at radius 2 is 1.24 bits per heavy atom. The van der Waals surface area contributed by atoms with Gasteiger partial charge < -0.3 is 4.74 Å². The lowest BCUT2D eigenvalue weighted by Gasteiger charge is -2.17. The van der Waals surface area contributed by atoms with Gasteiger partial charge in [0.2, 0.25) is 10.5 Å². The number of cyclic esters (lactones) is 2. The van der Waals surface area contributed by atoms with Crippen molar-refractivity contribution in [2.24, 2.45) is 23.2 Å². The van der Waals surface area contributed by atoms with Crippen LogP contribution in [0.3, 0.4) is 0 Å². The molecule has 1 rings (SSSR count). The van der Waals surface area contributed by atoms with Gasteiger partial charge in [-0.2, -0.15) is 0 Å². The molecule has 3 atom stereocenters. The molecule has 0 aliphatic carbocycles. The molecule has 42 heavy (non-hydrogen) atoms. The second kappa shape index (κ2) is 23.0. The summed E-state index contributed by atoms with van der Waals surface area (Å²) in [7, 11) is 0. The first kappa shape index (κ1) is 39.4. The van der Waals surface area contributed by atoms with Crippen molar-refractivity contribution < 1.29 is 28.7 Å². The fourth-order valence-electron chi connectivity index (χ4n) is 2.27. The zero-order valence-corrected chi connectivity index (χ0v) is 25.6. The number of terminal acetylenes is 1. The van der Waals surface area contributed by atoms with E-state index in [0.29, 0.717) is 6.42 Å². The first-order chi connectivity index (χ1) is 19.7. The molecule has 0 N–H and O–H groups in total. The van der Waals surface area contributed by atoms with Gasteiger partial charge in [0.25, 0.3) is 0 Å². The maximum Gasteiger partial charge on any atom is 0.317 e. The normalized spacial score (nSPS) is 14.1. The van der Waals surface area contributed by atoms with E-state index in [1.165, 1.54) is 0 Å². The summed E-state index contributed by atoms with van der Waals surface area (Å²) in [6, 6.07) is 0. The predicted molar refractivity (Wildman–Crippen MR) is 162 cm³/mol. The first-order valence-corrected chi connectivity index (χ1v) is 13.0. The largest absolute Gasteiger partial charge is 0.393 e. The van der Waals surface area contributed by atoms with Gasteiger partial charge in [0, 0.05) is 11.3 Å². The van der Waals surface area contributed by atoms with E-state index in [2.05, 4.69) is 93.5 Å². The number of hydrogen-bond donors (Lipinski definition) is 0. The van der Waals surface area contributed by atoms with Gasteiger partial charge in [-0.3, -0.25) is 24.0 Å². The Hall–Kier alpha value is -4.79. The van der Waals surface area contributed by atoms with Gasteiger partial charge in [-0.1, -0.05) is 40.5 Å². The maximum atomic E-state index is 11.6. The summed E-state index contributed by atoms with van der Waals surface area (Å²) in [5.74, 6) is 35.7. The van der Waals surface area contributed by atoms with Gasteiger partial charge in [-0.15, -0.1) is 6.42 Å². The first-order valence-electron chi connectivity index (χ1n) is 12.3. The molecule has 8 heteroatoms. The third kappa shape index (κ3) is 21.1. The van der Waals surface area contributed by atoms with Crippen LogP contribution in [0.5, 0.6) is 0 Å². The molecule has 1 aliphatic rings. The van der Waals surface area contributed by atoms with Crippen molar-refractivity contribution in [3.8, 4) is 95.2 Å². The number of carbonyl (C=O) groups excluding carboxylic acids is 5. The second-order valence-corrected chi connectivity index (χ2v) is 9.71. The molecule has 0 bridgehead atoms. The molecular formula is C34H28Cl2O6. The number of Topliss-reactive ketones (excluding diaryl/α,β-unsaturated/α-hetero) is 1. The van der Waals surface area contributed by atoms with Gasteiger partial charge >= 0.3 is 11.9 Å². The van der Waals surface area contributed by atoms with Crippen LogP contribution >= 0.6 is 23.2 Å². The van der Waals surface area contributed by atoms with Crippen LogP contribution in [0.4, 0.5) is 0 Å². The molecule has 0 spiro atoms. The van der Waals surface area contributed by atoms with Crippen LogP contribution < -0.4 is 0 Å². The van der Waals surface area contributed by atoms with E-state index in [4.69, 9.17) is 29.6 Å². The summed E-state index contributed by atoms with van der Waals surface area (Å²) < 4.78 is 4.60. The quantitative estimate of drug-likeness (QED) is 0.198. The van der Waals surface area contributed by atoms with Crippen LogP contribution in [0.2, 0.25) is 0 Å². The smallest absolute Gasteiger partial charge is 0.317 e. The van der Waals surface area contributed by atoms with E-state index < -0.39 is 34.3 Å². The number of halogens is 2. The second-order valence-electron chi connectivity index (χ2n) is 8.87. The summed E-state index contributed by atoms with van der Waals surface area (Å²) in [5.41, 5.74) is -0.0972. The van der Waals surface area contributed by atoms with Crippen molar-refractivity contribution in [3.63, 3.8) is 0 Å². The molecule has 6 nitrogen and oxygen atoms in total. The van der Waals surface area contributed by atoms with Gasteiger partial charge in [0.1, 0.15) is 5.78 Å². The summed E-state index contributed by atoms with van der Waals surface area (Å²) in [6.45, 7) is 11.1. The van der Waals surface area contributed by atoms with Crippen molar-refractivity contribution in [2.45, 2.75) is 60.8 Å². The van der Waals surface area contributed by atoms with Crippen LogP contribution in [0.15, 0.2) is 0 Å². The Bertz CT molecular complexity index is 1510. The molecule has 0 aromatic heterocycles. The highest BCUT2D eigenvalue weighted by atomic mass is 35.5. The Balaban J connectivity index is 0. The summed E-state index contributed by atoms with van der Waals surface area (Å²) in [5, 5.41) is -1.44. The average Bonchev–Trinajstić information content (AvgIpc) is 3.14. The maximum absolute atomic E-state index is 11.6. The standard InChI is InChI=1S/C24H12O3.C7H14O.C3H2Cl2O2/c1-4-5-6-7-8-9-10-11-12-13-14-15-16-17-18-20(2)19-22-21(3)23(25)27-24(22)26;1-5-7(3,4)6(2)8;4-2(6)1-3(5)7/h1,20-22H,19H2,2-3H3;5H2,1-4H3;1H2. The monoisotopic (exact) mass is 602 g/mol. The van der Waals surface area contributed by atoms with E-state index in [1.54, 1.807) is 13.8 Å². The lowest BCUT2D eigenvalue weighted by atomic mass is 9.86. The summed E-state index contributed by atoms with van der Waals surface area (Å²) in [4.78, 5) is 53.0. The van der Waals surface area contributed by atoms with Crippen LogP contribution in [-0.2, 0) is 28.7 Å². The van der Waals surface area contributed by atoms with Crippen molar-refractivity contribution in [2.75, 3.05) is 0 Å². The minimum atomic E-state index is -0.722. The van der Waals surface area contributed by atoms with Crippen LogP contribution in [-0.4, -0.2) is 28.2 Å². The average molecular weight is 603 g/mol. The van der Waals surface area contributed by atoms with E-state index in [1.807, 2.05) is 27.7 Å². The van der Waals surface area contributed by atoms with Crippen molar-refractivity contribution in [1.29, 1.82) is 0 Å². The molecule has 1 heterocycles. The molecule has 214 valence electrons. The Morgan fingerprint density at radius 1 is 0.833 bits per heavy atom. The fraction of sp³-hybridized carbons (Fsp3) is 0.382. The molecule has 1 fully saturated rings. The lowest BCUT2D eigenvalue weighted by molar-refractivity contribution is -0.153. The number of esters is 2. The highest BCUT2D eigenvalue weighted by molar-refractivity contribution is 6.72. The summed E-state index contributed by atoms with van der Waals surface area (Å²) in [6.07, 6.45) is 5.92. The minimum absolute atomic E-state index is 0.0972. The molecule has 0 amide bonds. The molecule has 3 unspecified atom stereocenters. The SMILES string of the molecule is C#CC#CC#CC#CC#CC#CC#CC#CC(C)CC1C(=O)OC(=O)C1C.CCC(C)(C)C(C)=O.O=C(Cl)CC(=O)Cl. The summed E-state index contributed by atoms with van der Waals surface area (Å²) >= 11 is 9.46. The third-order valence-electron chi connectivity index (χ3n) is 5.34. The van der Waals surface area contributed by atoms with Gasteiger partial charge in [-0.05, 0) is 126 Å². The van der Waals surface area contributed by atoms with E-state index in [9.17, 15) is 24.0 Å². The van der Waals surface area contributed by atoms with Crippen molar-refractivity contribution in [3.05, 3.63) is 0 Å². The lowest BCUT2D eigenvalue weighted by Crippen LogP contribution is -2.19. The number of rotatable bonds is 6. The van der Waals surface area contributed by atoms with Crippen LogP contribution in [0.25, 0.3) is 0 Å².